The van der Waals surface area contributed by atoms with Crippen LogP contribution in [-0.2, 0) is 14.3 Å². The maximum atomic E-state index is 12.2. The van der Waals surface area contributed by atoms with Crippen molar-refractivity contribution >= 4 is 39.6 Å². The van der Waals surface area contributed by atoms with E-state index >= 15 is 0 Å². The van der Waals surface area contributed by atoms with Crippen molar-refractivity contribution in [2.75, 3.05) is 14.2 Å². The number of alkyl carbamates (subject to hydrolysis) is 1. The molecule has 0 unspecified atom stereocenters. The van der Waals surface area contributed by atoms with Gasteiger partial charge in [0.15, 0.2) is 0 Å². The minimum Gasteiger partial charge on any atom is -0.496 e. The zero-order valence-electron chi connectivity index (χ0n) is 16.7. The highest BCUT2D eigenvalue weighted by atomic mass is 32.1. The maximum Gasteiger partial charge on any atom is 0.412 e. The quantitative estimate of drug-likeness (QED) is 0.611. The highest BCUT2D eigenvalue weighted by Crippen LogP contribution is 2.38. The summed E-state index contributed by atoms with van der Waals surface area (Å²) in [6.45, 7) is 9.33. The number of nitrogens with one attached hydrogen (secondary N) is 1. The van der Waals surface area contributed by atoms with Crippen LogP contribution in [0.5, 0.6) is 5.75 Å². The van der Waals surface area contributed by atoms with Crippen LogP contribution in [0, 0.1) is 13.8 Å². The molecule has 0 aliphatic rings. The van der Waals surface area contributed by atoms with E-state index in [0.717, 1.165) is 10.1 Å². The van der Waals surface area contributed by atoms with E-state index in [4.69, 9.17) is 14.2 Å². The summed E-state index contributed by atoms with van der Waals surface area (Å²) in [5.74, 6) is -0.0824. The van der Waals surface area contributed by atoms with Gasteiger partial charge < -0.3 is 14.2 Å². The average Bonchev–Trinajstić information content (AvgIpc) is 2.87. The molecular formula is C20H25NO5S. The Morgan fingerprint density at radius 2 is 1.81 bits per heavy atom. The van der Waals surface area contributed by atoms with Gasteiger partial charge in [-0.05, 0) is 63.8 Å². The van der Waals surface area contributed by atoms with Gasteiger partial charge in [-0.1, -0.05) is 0 Å². The molecular weight excluding hydrogens is 366 g/mol. The molecule has 0 saturated heterocycles. The Balaban J connectivity index is 2.57. The summed E-state index contributed by atoms with van der Waals surface area (Å²) in [4.78, 5) is 25.5. The van der Waals surface area contributed by atoms with Crippen molar-refractivity contribution in [3.05, 3.63) is 33.8 Å². The lowest BCUT2D eigenvalue weighted by molar-refractivity contribution is -0.136. The largest absolute Gasteiger partial charge is 0.496 e. The number of ether oxygens (including phenoxy) is 3. The van der Waals surface area contributed by atoms with Gasteiger partial charge in [-0.3, -0.25) is 5.32 Å². The first-order valence-corrected chi connectivity index (χ1v) is 9.25. The smallest absolute Gasteiger partial charge is 0.412 e. The fraction of sp³-hybridized carbons (Fsp3) is 0.400. The number of hydrogen-bond donors (Lipinski definition) is 1. The fourth-order valence-electron chi connectivity index (χ4n) is 2.53. The standard InChI is InChI=1S/C20H25NO5S/c1-11-12(2)27-17-13(11)8-9-16(24-6)14(17)10-15(18(22)25-7)21-19(23)26-20(3,4)5/h8-10H,1-7H3,(H,21,23)/b15-10+. The van der Waals surface area contributed by atoms with Crippen molar-refractivity contribution in [1.82, 2.24) is 5.32 Å². The molecule has 7 heteroatoms. The Labute approximate surface area is 163 Å². The predicted octanol–water partition coefficient (Wildman–Crippen LogP) is 4.57. The van der Waals surface area contributed by atoms with E-state index in [1.54, 1.807) is 45.3 Å². The molecule has 0 radical (unpaired) electrons. The SMILES string of the molecule is COC(=O)/C(=C\c1c(OC)ccc2c(C)c(C)sc12)NC(=O)OC(C)(C)C. The van der Waals surface area contributed by atoms with Crippen LogP contribution in [0.1, 0.15) is 36.8 Å². The third-order valence-corrected chi connectivity index (χ3v) is 5.15. The molecule has 0 atom stereocenters. The van der Waals surface area contributed by atoms with Crippen LogP contribution >= 0.6 is 11.3 Å². The molecule has 27 heavy (non-hydrogen) atoms. The molecule has 0 spiro atoms. The summed E-state index contributed by atoms with van der Waals surface area (Å²) < 4.78 is 16.5. The predicted molar refractivity (Wildman–Crippen MR) is 107 cm³/mol. The van der Waals surface area contributed by atoms with Crippen LogP contribution in [0.4, 0.5) is 4.79 Å². The van der Waals surface area contributed by atoms with Gasteiger partial charge in [-0.25, -0.2) is 9.59 Å². The Bertz CT molecular complexity index is 905. The highest BCUT2D eigenvalue weighted by Gasteiger charge is 2.21. The molecule has 1 aromatic carbocycles. The summed E-state index contributed by atoms with van der Waals surface area (Å²) >= 11 is 1.60. The highest BCUT2D eigenvalue weighted by molar-refractivity contribution is 7.19. The average molecular weight is 391 g/mol. The molecule has 6 nitrogen and oxygen atoms in total. The van der Waals surface area contributed by atoms with E-state index in [2.05, 4.69) is 5.32 Å². The van der Waals surface area contributed by atoms with Crippen LogP contribution in [0.25, 0.3) is 16.2 Å². The molecule has 0 aliphatic heterocycles. The first kappa shape index (κ1) is 20.8. The Kier molecular flexibility index (Phi) is 6.15. The Hall–Kier alpha value is -2.54. The van der Waals surface area contributed by atoms with Gasteiger partial charge in [0.05, 0.1) is 14.2 Å². The molecule has 1 amide bonds. The van der Waals surface area contributed by atoms with E-state index in [1.807, 2.05) is 26.0 Å². The van der Waals surface area contributed by atoms with Gasteiger partial charge in [-0.15, -0.1) is 11.3 Å². The van der Waals surface area contributed by atoms with Crippen molar-refractivity contribution in [1.29, 1.82) is 0 Å². The number of esters is 1. The monoisotopic (exact) mass is 391 g/mol. The second-order valence-corrected chi connectivity index (χ2v) is 8.24. The lowest BCUT2D eigenvalue weighted by Gasteiger charge is -2.20. The number of benzene rings is 1. The number of carbonyl (C=O) groups excluding carboxylic acids is 2. The van der Waals surface area contributed by atoms with Crippen LogP contribution in [-0.4, -0.2) is 31.9 Å². The van der Waals surface area contributed by atoms with Crippen LogP contribution in [0.3, 0.4) is 0 Å². The number of hydrogen-bond acceptors (Lipinski definition) is 6. The van der Waals surface area contributed by atoms with Crippen molar-refractivity contribution in [3.63, 3.8) is 0 Å². The molecule has 1 N–H and O–H groups in total. The summed E-state index contributed by atoms with van der Waals surface area (Å²) in [6, 6.07) is 3.83. The third-order valence-electron chi connectivity index (χ3n) is 3.89. The second-order valence-electron chi connectivity index (χ2n) is 7.02. The van der Waals surface area contributed by atoms with E-state index in [0.29, 0.717) is 11.3 Å². The van der Waals surface area contributed by atoms with E-state index in [9.17, 15) is 9.59 Å². The number of amides is 1. The first-order chi connectivity index (χ1) is 12.6. The molecule has 2 aromatic rings. The van der Waals surface area contributed by atoms with Gasteiger partial charge in [0.25, 0.3) is 0 Å². The molecule has 0 saturated carbocycles. The van der Waals surface area contributed by atoms with Crippen LogP contribution < -0.4 is 10.1 Å². The van der Waals surface area contributed by atoms with E-state index < -0.39 is 17.7 Å². The van der Waals surface area contributed by atoms with Crippen molar-refractivity contribution in [2.45, 2.75) is 40.2 Å². The summed E-state index contributed by atoms with van der Waals surface area (Å²) in [6.07, 6.45) is 0.829. The number of rotatable bonds is 4. The number of carbonyl (C=O) groups is 2. The zero-order chi connectivity index (χ0) is 20.4. The van der Waals surface area contributed by atoms with Crippen LogP contribution in [0.15, 0.2) is 17.8 Å². The molecule has 0 bridgehead atoms. The number of methoxy groups -OCH3 is 2. The lowest BCUT2D eigenvalue weighted by Crippen LogP contribution is -2.34. The van der Waals surface area contributed by atoms with Crippen molar-refractivity contribution in [2.24, 2.45) is 0 Å². The molecule has 1 heterocycles. The van der Waals surface area contributed by atoms with Gasteiger partial charge in [0.1, 0.15) is 17.0 Å². The number of aryl methyl sites for hydroxylation is 2. The fourth-order valence-corrected chi connectivity index (χ4v) is 3.70. The Morgan fingerprint density at radius 3 is 2.37 bits per heavy atom. The first-order valence-electron chi connectivity index (χ1n) is 8.44. The topological polar surface area (TPSA) is 73.9 Å². The minimum atomic E-state index is -0.733. The maximum absolute atomic E-state index is 12.2. The molecule has 1 aromatic heterocycles. The summed E-state index contributed by atoms with van der Waals surface area (Å²) in [5, 5.41) is 3.56. The van der Waals surface area contributed by atoms with Gasteiger partial charge >= 0.3 is 12.1 Å². The number of fused-ring (bicyclic) bond motifs is 1. The normalized spacial score (nSPS) is 12.0. The summed E-state index contributed by atoms with van der Waals surface area (Å²) in [5.41, 5.74) is 1.16. The van der Waals surface area contributed by atoms with E-state index in [1.165, 1.54) is 17.6 Å². The van der Waals surface area contributed by atoms with Gasteiger partial charge in [0, 0.05) is 15.1 Å². The van der Waals surface area contributed by atoms with Crippen LogP contribution in [0.2, 0.25) is 0 Å². The molecule has 146 valence electrons. The van der Waals surface area contributed by atoms with E-state index in [-0.39, 0.29) is 5.70 Å². The second kappa shape index (κ2) is 8.00. The van der Waals surface area contributed by atoms with Crippen molar-refractivity contribution < 1.29 is 23.8 Å². The van der Waals surface area contributed by atoms with Gasteiger partial charge in [-0.2, -0.15) is 0 Å². The minimum absolute atomic E-state index is 0.0266. The third kappa shape index (κ3) is 4.80. The lowest BCUT2D eigenvalue weighted by atomic mass is 10.1. The number of thiophene rings is 1. The summed E-state index contributed by atoms with van der Waals surface area (Å²) in [7, 11) is 2.81. The van der Waals surface area contributed by atoms with Crippen molar-refractivity contribution in [3.8, 4) is 5.75 Å². The molecule has 0 aliphatic carbocycles. The zero-order valence-corrected chi connectivity index (χ0v) is 17.5. The molecule has 0 fully saturated rings. The van der Waals surface area contributed by atoms with Gasteiger partial charge in [0.2, 0.25) is 0 Å². The molecule has 2 rings (SSSR count). The Morgan fingerprint density at radius 1 is 1.15 bits per heavy atom.